The van der Waals surface area contributed by atoms with E-state index in [-0.39, 0.29) is 11.9 Å². The molecule has 1 aliphatic rings. The standard InChI is InChI=1S/C30H32O4/c1-19-15-17-25(33-29(31)23-11-7-5-8-12-23)27(21(19)3)28-22(4)20(2)16-18-26(28)34-30(32)24-13-9-6-10-14-24/h5,7-8,11-12,15-18,24H,6,9-10,13-14H2,1-4H3. The molecule has 4 nitrogen and oxygen atoms in total. The molecule has 1 aliphatic carbocycles. The summed E-state index contributed by atoms with van der Waals surface area (Å²) in [5.74, 6) is 0.329. The van der Waals surface area contributed by atoms with Crippen molar-refractivity contribution in [2.75, 3.05) is 0 Å². The average Bonchev–Trinajstić information content (AvgIpc) is 2.86. The van der Waals surface area contributed by atoms with E-state index in [2.05, 4.69) is 0 Å². The molecular formula is C30H32O4. The van der Waals surface area contributed by atoms with Gasteiger partial charge in [0.25, 0.3) is 0 Å². The highest BCUT2D eigenvalue weighted by Crippen LogP contribution is 2.43. The van der Waals surface area contributed by atoms with Gasteiger partial charge in [-0.2, -0.15) is 0 Å². The lowest BCUT2D eigenvalue weighted by atomic mass is 9.89. The fraction of sp³-hybridized carbons (Fsp3) is 0.333. The molecule has 0 amide bonds. The zero-order chi connectivity index (χ0) is 24.2. The van der Waals surface area contributed by atoms with Crippen LogP contribution in [0.3, 0.4) is 0 Å². The molecule has 0 saturated heterocycles. The number of carbonyl (C=O) groups is 2. The molecular weight excluding hydrogens is 424 g/mol. The van der Waals surface area contributed by atoms with Crippen molar-refractivity contribution in [3.63, 3.8) is 0 Å². The quantitative estimate of drug-likeness (QED) is 0.299. The predicted octanol–water partition coefficient (Wildman–Crippen LogP) is 7.29. The summed E-state index contributed by atoms with van der Waals surface area (Å²) in [6.45, 7) is 8.10. The van der Waals surface area contributed by atoms with Gasteiger partial charge in [0.2, 0.25) is 0 Å². The molecule has 0 aliphatic heterocycles. The third-order valence-electron chi connectivity index (χ3n) is 7.01. The normalized spacial score (nSPS) is 14.0. The second-order valence-corrected chi connectivity index (χ2v) is 9.27. The van der Waals surface area contributed by atoms with Gasteiger partial charge in [-0.05, 0) is 87.1 Å². The zero-order valence-corrected chi connectivity index (χ0v) is 20.4. The van der Waals surface area contributed by atoms with Crippen molar-refractivity contribution >= 4 is 11.9 Å². The molecule has 0 unspecified atom stereocenters. The number of rotatable bonds is 5. The highest BCUT2D eigenvalue weighted by atomic mass is 16.5. The van der Waals surface area contributed by atoms with Crippen molar-refractivity contribution in [2.45, 2.75) is 59.8 Å². The molecule has 0 bridgehead atoms. The molecule has 0 heterocycles. The Bertz CT molecular complexity index is 1200. The molecule has 3 aromatic carbocycles. The Kier molecular flexibility index (Phi) is 7.16. The van der Waals surface area contributed by atoms with E-state index in [1.165, 1.54) is 6.42 Å². The lowest BCUT2D eigenvalue weighted by Crippen LogP contribution is -2.23. The third-order valence-corrected chi connectivity index (χ3v) is 7.01. The zero-order valence-electron chi connectivity index (χ0n) is 20.4. The van der Waals surface area contributed by atoms with Crippen molar-refractivity contribution in [3.05, 3.63) is 82.4 Å². The van der Waals surface area contributed by atoms with E-state index in [4.69, 9.17) is 9.47 Å². The third kappa shape index (κ3) is 4.91. The maximum atomic E-state index is 13.0. The number of benzene rings is 3. The van der Waals surface area contributed by atoms with E-state index in [1.54, 1.807) is 12.1 Å². The second kappa shape index (κ2) is 10.3. The average molecular weight is 457 g/mol. The van der Waals surface area contributed by atoms with Crippen LogP contribution in [0.5, 0.6) is 11.5 Å². The molecule has 1 fully saturated rings. The van der Waals surface area contributed by atoms with Crippen LogP contribution in [0.15, 0.2) is 54.6 Å². The van der Waals surface area contributed by atoms with Crippen LogP contribution in [0, 0.1) is 33.6 Å². The fourth-order valence-electron chi connectivity index (χ4n) is 4.64. The van der Waals surface area contributed by atoms with Gasteiger partial charge in [0.1, 0.15) is 11.5 Å². The Morgan fingerprint density at radius 2 is 1.21 bits per heavy atom. The molecule has 0 aromatic heterocycles. The first-order valence-corrected chi connectivity index (χ1v) is 12.1. The summed E-state index contributed by atoms with van der Waals surface area (Å²) in [7, 11) is 0. The summed E-state index contributed by atoms with van der Waals surface area (Å²) >= 11 is 0. The van der Waals surface area contributed by atoms with Crippen molar-refractivity contribution in [1.29, 1.82) is 0 Å². The summed E-state index contributed by atoms with van der Waals surface area (Å²) in [5, 5.41) is 0. The maximum Gasteiger partial charge on any atom is 0.343 e. The number of hydrogen-bond donors (Lipinski definition) is 0. The Hall–Kier alpha value is -3.40. The first kappa shape index (κ1) is 23.7. The van der Waals surface area contributed by atoms with E-state index in [9.17, 15) is 9.59 Å². The van der Waals surface area contributed by atoms with Gasteiger partial charge < -0.3 is 9.47 Å². The van der Waals surface area contributed by atoms with E-state index in [0.717, 1.165) is 59.1 Å². The first-order valence-electron chi connectivity index (χ1n) is 12.1. The summed E-state index contributed by atoms with van der Waals surface area (Å²) in [6.07, 6.45) is 5.06. The number of aryl methyl sites for hydroxylation is 2. The topological polar surface area (TPSA) is 52.6 Å². The van der Waals surface area contributed by atoms with Crippen LogP contribution in [0.1, 0.15) is 64.7 Å². The van der Waals surface area contributed by atoms with E-state index >= 15 is 0 Å². The van der Waals surface area contributed by atoms with Gasteiger partial charge in [0.05, 0.1) is 11.5 Å². The molecule has 0 atom stereocenters. The lowest BCUT2D eigenvalue weighted by Gasteiger charge is -2.23. The molecule has 34 heavy (non-hydrogen) atoms. The lowest BCUT2D eigenvalue weighted by molar-refractivity contribution is -0.139. The van der Waals surface area contributed by atoms with Gasteiger partial charge >= 0.3 is 11.9 Å². The molecule has 4 heteroatoms. The monoisotopic (exact) mass is 456 g/mol. The first-order chi connectivity index (χ1) is 16.4. The van der Waals surface area contributed by atoms with Crippen molar-refractivity contribution < 1.29 is 19.1 Å². The molecule has 0 radical (unpaired) electrons. The molecule has 1 saturated carbocycles. The summed E-state index contributed by atoms with van der Waals surface area (Å²) in [6, 6.07) is 16.6. The van der Waals surface area contributed by atoms with Gasteiger partial charge in [0.15, 0.2) is 0 Å². The van der Waals surface area contributed by atoms with Crippen LogP contribution >= 0.6 is 0 Å². The molecule has 3 aromatic rings. The highest BCUT2D eigenvalue weighted by molar-refractivity contribution is 5.93. The van der Waals surface area contributed by atoms with Crippen LogP contribution in [-0.4, -0.2) is 11.9 Å². The second-order valence-electron chi connectivity index (χ2n) is 9.27. The number of esters is 2. The van der Waals surface area contributed by atoms with Gasteiger partial charge in [-0.25, -0.2) is 4.79 Å². The van der Waals surface area contributed by atoms with Crippen LogP contribution in [0.25, 0.3) is 11.1 Å². The van der Waals surface area contributed by atoms with Crippen LogP contribution in [-0.2, 0) is 4.79 Å². The minimum Gasteiger partial charge on any atom is -0.426 e. The number of carbonyl (C=O) groups excluding carboxylic acids is 2. The predicted molar refractivity (Wildman–Crippen MR) is 134 cm³/mol. The number of hydrogen-bond acceptors (Lipinski definition) is 4. The van der Waals surface area contributed by atoms with Crippen LogP contribution < -0.4 is 9.47 Å². The Labute approximate surface area is 201 Å². The summed E-state index contributed by atoms with van der Waals surface area (Å²) in [4.78, 5) is 25.9. The van der Waals surface area contributed by atoms with Gasteiger partial charge in [0, 0.05) is 11.1 Å². The van der Waals surface area contributed by atoms with Gasteiger partial charge in [-0.3, -0.25) is 4.79 Å². The van der Waals surface area contributed by atoms with E-state index in [1.807, 2.05) is 70.2 Å². The maximum absolute atomic E-state index is 13.0. The highest BCUT2D eigenvalue weighted by Gasteiger charge is 2.26. The molecule has 0 spiro atoms. The van der Waals surface area contributed by atoms with Crippen molar-refractivity contribution in [1.82, 2.24) is 0 Å². The molecule has 176 valence electrons. The largest absolute Gasteiger partial charge is 0.426 e. The molecule has 0 N–H and O–H groups in total. The fourth-order valence-corrected chi connectivity index (χ4v) is 4.64. The molecule has 4 rings (SSSR count). The Balaban J connectivity index is 1.78. The minimum atomic E-state index is -0.420. The summed E-state index contributed by atoms with van der Waals surface area (Å²) < 4.78 is 11.9. The van der Waals surface area contributed by atoms with Crippen LogP contribution in [0.4, 0.5) is 0 Å². The van der Waals surface area contributed by atoms with Crippen molar-refractivity contribution in [3.8, 4) is 22.6 Å². The number of ether oxygens (including phenoxy) is 2. The SMILES string of the molecule is Cc1ccc(OC(=O)c2ccccc2)c(-c2c(OC(=O)C3CCCCC3)ccc(C)c2C)c1C. The van der Waals surface area contributed by atoms with Gasteiger partial charge in [-0.15, -0.1) is 0 Å². The summed E-state index contributed by atoms with van der Waals surface area (Å²) in [5.41, 5.74) is 6.21. The minimum absolute atomic E-state index is 0.0582. The Morgan fingerprint density at radius 3 is 1.76 bits per heavy atom. The van der Waals surface area contributed by atoms with E-state index in [0.29, 0.717) is 17.1 Å². The smallest absolute Gasteiger partial charge is 0.343 e. The van der Waals surface area contributed by atoms with E-state index < -0.39 is 5.97 Å². The van der Waals surface area contributed by atoms with Crippen molar-refractivity contribution in [2.24, 2.45) is 5.92 Å². The van der Waals surface area contributed by atoms with Crippen LogP contribution in [0.2, 0.25) is 0 Å². The Morgan fingerprint density at radius 1 is 0.676 bits per heavy atom. The van der Waals surface area contributed by atoms with Gasteiger partial charge in [-0.1, -0.05) is 49.6 Å².